The SMILES string of the molecule is CC(C)n1c(=O)ccc2cc(Nc3nc(N4CCC([C@@](C)(O)C5CCN(c6cccc7c(C8CCC(=O)NC8=O)nn(C)c67)CC5)CC4)ncc3Cl)cnc21. The molecule has 0 saturated carbocycles. The highest BCUT2D eigenvalue weighted by Gasteiger charge is 2.43. The number of anilines is 4. The molecule has 15 heteroatoms. The zero-order valence-corrected chi connectivity index (χ0v) is 32.4. The largest absolute Gasteiger partial charge is 0.390 e. The van der Waals surface area contributed by atoms with E-state index in [0.717, 1.165) is 60.7 Å². The normalized spacial score (nSPS) is 20.0. The van der Waals surface area contributed by atoms with E-state index in [9.17, 15) is 19.5 Å². The molecule has 8 rings (SSSR count). The number of fused-ring (bicyclic) bond motifs is 2. The number of halogens is 1. The van der Waals surface area contributed by atoms with Crippen molar-refractivity contribution < 1.29 is 14.7 Å². The zero-order chi connectivity index (χ0) is 38.6. The van der Waals surface area contributed by atoms with Crippen LogP contribution in [0.25, 0.3) is 21.9 Å². The van der Waals surface area contributed by atoms with Crippen LogP contribution in [0.4, 0.5) is 23.1 Å². The number of hydrogen-bond donors (Lipinski definition) is 3. The number of aryl methyl sites for hydroxylation is 1. The minimum Gasteiger partial charge on any atom is -0.390 e. The molecule has 3 fully saturated rings. The molecule has 0 spiro atoms. The van der Waals surface area contributed by atoms with Gasteiger partial charge in [-0.15, -0.1) is 0 Å². The van der Waals surface area contributed by atoms with Crippen molar-refractivity contribution in [2.75, 3.05) is 41.3 Å². The fourth-order valence-electron chi connectivity index (χ4n) is 8.96. The number of amides is 2. The van der Waals surface area contributed by atoms with Crippen molar-refractivity contribution >= 4 is 68.5 Å². The number of aliphatic hydroxyl groups is 1. The number of nitrogens with zero attached hydrogens (tertiary/aromatic N) is 8. The first kappa shape index (κ1) is 36.9. The van der Waals surface area contributed by atoms with Gasteiger partial charge in [-0.2, -0.15) is 10.1 Å². The number of hydrogen-bond acceptors (Lipinski definition) is 11. The number of rotatable bonds is 8. The Morgan fingerprint density at radius 1 is 0.945 bits per heavy atom. The fraction of sp³-hybridized carbons (Fsp3) is 0.475. The van der Waals surface area contributed by atoms with E-state index in [-0.39, 0.29) is 35.3 Å². The van der Waals surface area contributed by atoms with Gasteiger partial charge in [0.1, 0.15) is 10.7 Å². The van der Waals surface area contributed by atoms with Gasteiger partial charge in [0.05, 0.1) is 46.5 Å². The molecule has 2 amide bonds. The number of para-hydroxylation sites is 1. The topological polar surface area (TPSA) is 163 Å². The number of piperidine rings is 3. The number of aromatic nitrogens is 6. The Balaban J connectivity index is 0.905. The molecule has 14 nitrogen and oxygen atoms in total. The van der Waals surface area contributed by atoms with Crippen molar-refractivity contribution in [3.63, 3.8) is 0 Å². The van der Waals surface area contributed by atoms with Crippen LogP contribution < -0.4 is 26.0 Å². The van der Waals surface area contributed by atoms with Gasteiger partial charge in [-0.05, 0) is 82.9 Å². The molecular formula is C40H47ClN10O4. The van der Waals surface area contributed by atoms with Crippen LogP contribution in [0, 0.1) is 11.8 Å². The van der Waals surface area contributed by atoms with E-state index in [0.29, 0.717) is 59.7 Å². The Morgan fingerprint density at radius 2 is 1.65 bits per heavy atom. The van der Waals surface area contributed by atoms with Gasteiger partial charge in [-0.3, -0.25) is 28.9 Å². The van der Waals surface area contributed by atoms with E-state index in [2.05, 4.69) is 36.5 Å². The number of nitrogens with one attached hydrogen (secondary N) is 2. The average Bonchev–Trinajstić information content (AvgIpc) is 3.51. The first-order valence-corrected chi connectivity index (χ1v) is 19.6. The zero-order valence-electron chi connectivity index (χ0n) is 31.6. The summed E-state index contributed by atoms with van der Waals surface area (Å²) in [5, 5.41) is 24.8. The van der Waals surface area contributed by atoms with Gasteiger partial charge in [0.15, 0.2) is 5.82 Å². The number of benzene rings is 1. The number of carbonyl (C=O) groups is 2. The van der Waals surface area contributed by atoms with E-state index in [1.54, 1.807) is 29.1 Å². The summed E-state index contributed by atoms with van der Waals surface area (Å²) in [6.07, 6.45) is 7.39. The maximum Gasteiger partial charge on any atom is 0.252 e. The minimum atomic E-state index is -0.826. The average molecular weight is 767 g/mol. The second kappa shape index (κ2) is 14.5. The summed E-state index contributed by atoms with van der Waals surface area (Å²) >= 11 is 6.55. The minimum absolute atomic E-state index is 0.0221. The van der Waals surface area contributed by atoms with Crippen molar-refractivity contribution in [1.82, 2.24) is 34.6 Å². The molecule has 55 heavy (non-hydrogen) atoms. The van der Waals surface area contributed by atoms with Gasteiger partial charge in [0.2, 0.25) is 17.8 Å². The highest BCUT2D eigenvalue weighted by atomic mass is 35.5. The van der Waals surface area contributed by atoms with Gasteiger partial charge < -0.3 is 20.2 Å². The number of carbonyl (C=O) groups excluding carboxylic acids is 2. The van der Waals surface area contributed by atoms with E-state index < -0.39 is 11.5 Å². The van der Waals surface area contributed by atoms with Crippen LogP contribution in [0.15, 0.2) is 53.6 Å². The van der Waals surface area contributed by atoms with Crippen LogP contribution in [0.5, 0.6) is 0 Å². The lowest BCUT2D eigenvalue weighted by Gasteiger charge is -2.46. The lowest BCUT2D eigenvalue weighted by Crippen LogP contribution is -2.51. The van der Waals surface area contributed by atoms with Crippen LogP contribution >= 0.6 is 11.6 Å². The van der Waals surface area contributed by atoms with Gasteiger partial charge in [-0.1, -0.05) is 23.7 Å². The molecule has 3 aliphatic rings. The summed E-state index contributed by atoms with van der Waals surface area (Å²) in [6.45, 7) is 8.96. The number of pyridine rings is 2. The second-order valence-corrected chi connectivity index (χ2v) is 16.1. The Hall–Kier alpha value is -5.08. The Labute approximate surface area is 323 Å². The summed E-state index contributed by atoms with van der Waals surface area (Å²) in [6, 6.07) is 11.4. The van der Waals surface area contributed by atoms with Crippen molar-refractivity contribution in [2.45, 2.75) is 76.9 Å². The summed E-state index contributed by atoms with van der Waals surface area (Å²) in [4.78, 5) is 55.4. The molecule has 0 radical (unpaired) electrons. The molecule has 0 aliphatic carbocycles. The smallest absolute Gasteiger partial charge is 0.252 e. The highest BCUT2D eigenvalue weighted by molar-refractivity contribution is 6.32. The van der Waals surface area contributed by atoms with Crippen LogP contribution in [0.2, 0.25) is 5.02 Å². The molecule has 4 aromatic heterocycles. The third-order valence-electron chi connectivity index (χ3n) is 12.0. The first-order valence-electron chi connectivity index (χ1n) is 19.2. The predicted molar refractivity (Wildman–Crippen MR) is 213 cm³/mol. The summed E-state index contributed by atoms with van der Waals surface area (Å²) in [5.41, 5.74) is 3.17. The maximum absolute atomic E-state index is 12.7. The molecule has 0 bridgehead atoms. The molecule has 3 saturated heterocycles. The van der Waals surface area contributed by atoms with Crippen LogP contribution in [-0.2, 0) is 16.6 Å². The molecule has 288 valence electrons. The number of imide groups is 1. The van der Waals surface area contributed by atoms with Gasteiger partial charge in [0.25, 0.3) is 5.56 Å². The van der Waals surface area contributed by atoms with E-state index in [1.165, 1.54) is 0 Å². The molecule has 1 aromatic carbocycles. The van der Waals surface area contributed by atoms with E-state index in [1.807, 2.05) is 50.7 Å². The first-order chi connectivity index (χ1) is 26.4. The summed E-state index contributed by atoms with van der Waals surface area (Å²) in [5.74, 6) is 0.366. The third-order valence-corrected chi connectivity index (χ3v) is 12.3. The van der Waals surface area contributed by atoms with E-state index >= 15 is 0 Å². The summed E-state index contributed by atoms with van der Waals surface area (Å²) in [7, 11) is 1.91. The van der Waals surface area contributed by atoms with Crippen LogP contribution in [0.3, 0.4) is 0 Å². The lowest BCUT2D eigenvalue weighted by atomic mass is 9.70. The molecule has 1 unspecified atom stereocenters. The summed E-state index contributed by atoms with van der Waals surface area (Å²) < 4.78 is 3.53. The van der Waals surface area contributed by atoms with Crippen molar-refractivity contribution in [2.24, 2.45) is 18.9 Å². The second-order valence-electron chi connectivity index (χ2n) is 15.7. The monoisotopic (exact) mass is 766 g/mol. The van der Waals surface area contributed by atoms with E-state index in [4.69, 9.17) is 21.7 Å². The Kier molecular flexibility index (Phi) is 9.74. The molecule has 2 atom stereocenters. The Bertz CT molecular complexity index is 2340. The van der Waals surface area contributed by atoms with Gasteiger partial charge in [0, 0.05) is 62.5 Å². The van der Waals surface area contributed by atoms with Gasteiger partial charge in [-0.25, -0.2) is 9.97 Å². The predicted octanol–water partition coefficient (Wildman–Crippen LogP) is 5.46. The Morgan fingerprint density at radius 3 is 2.35 bits per heavy atom. The molecular weight excluding hydrogens is 720 g/mol. The highest BCUT2D eigenvalue weighted by Crippen LogP contribution is 2.42. The van der Waals surface area contributed by atoms with Crippen molar-refractivity contribution in [3.8, 4) is 0 Å². The third kappa shape index (κ3) is 6.90. The molecule has 3 aliphatic heterocycles. The maximum atomic E-state index is 12.7. The molecule has 3 N–H and O–H groups in total. The standard InChI is InChI=1S/C40H47ClN10O4/c1-23(2)51-33(53)11-8-24-20-27(21-42-37(24)51)44-36-30(41)22-43-39(46-36)50-18-14-26(15-19-50)40(3,55)25-12-16-49(17-13-25)31-7-5-6-28-34(47-48(4)35(28)31)29-9-10-32(52)45-38(29)54/h5-8,11,20-23,25-26,29,55H,9-10,12-19H2,1-4H3,(H,43,44,46)(H,45,52,54)/t29?,40-/m0/s1. The molecule has 7 heterocycles. The van der Waals surface area contributed by atoms with Crippen molar-refractivity contribution in [1.29, 1.82) is 0 Å². The van der Waals surface area contributed by atoms with Crippen LogP contribution in [0.1, 0.15) is 76.9 Å². The quantitative estimate of drug-likeness (QED) is 0.172. The van der Waals surface area contributed by atoms with Crippen LogP contribution in [-0.4, -0.2) is 78.0 Å². The fourth-order valence-corrected chi connectivity index (χ4v) is 9.10. The van der Waals surface area contributed by atoms with Crippen molar-refractivity contribution in [3.05, 3.63) is 69.9 Å². The van der Waals surface area contributed by atoms with Gasteiger partial charge >= 0.3 is 0 Å². The lowest BCUT2D eigenvalue weighted by molar-refractivity contribution is -0.134. The molecule has 5 aromatic rings.